The van der Waals surface area contributed by atoms with Crippen molar-refractivity contribution in [3.05, 3.63) is 35.4 Å². The molecule has 4 rings (SSSR count). The smallest absolute Gasteiger partial charge is 0.251 e. The van der Waals surface area contributed by atoms with Crippen molar-refractivity contribution >= 4 is 17.7 Å². The lowest BCUT2D eigenvalue weighted by Gasteiger charge is -2.38. The van der Waals surface area contributed by atoms with Gasteiger partial charge in [-0.05, 0) is 43.9 Å². The van der Waals surface area contributed by atoms with Crippen LogP contribution in [0.15, 0.2) is 24.3 Å². The molecule has 3 saturated heterocycles. The standard InChI is InChI=1S/C23H30N6O3/c1-14(15-5-7-16(8-6-15)21(30)26-2)29-18-10-20(23(29)32)27(12-18)13-19(25)22(31)28-9-3-4-17(28)11-24/h5-8,14,17-20H,3-4,9-10,12-13,25H2,1-2H3,(H,26,30)/t14-,17+,18-,19+,20-/m1/s1. The number of nitrogens with one attached hydrogen (secondary N) is 1. The van der Waals surface area contributed by atoms with E-state index in [1.54, 1.807) is 24.1 Å². The highest BCUT2D eigenvalue weighted by atomic mass is 16.2. The maximum Gasteiger partial charge on any atom is 0.251 e. The van der Waals surface area contributed by atoms with Crippen LogP contribution in [0.3, 0.4) is 0 Å². The van der Waals surface area contributed by atoms with Crippen LogP contribution in [0.25, 0.3) is 0 Å². The Kier molecular flexibility index (Phi) is 6.17. The van der Waals surface area contributed by atoms with Gasteiger partial charge in [-0.15, -0.1) is 0 Å². The number of carbonyl (C=O) groups excluding carboxylic acids is 3. The summed E-state index contributed by atoms with van der Waals surface area (Å²) < 4.78 is 0. The molecule has 0 aliphatic carbocycles. The number of carbonyl (C=O) groups is 3. The predicted octanol–water partition coefficient (Wildman–Crippen LogP) is 0.234. The van der Waals surface area contributed by atoms with E-state index >= 15 is 0 Å². The van der Waals surface area contributed by atoms with E-state index in [1.165, 1.54) is 0 Å². The molecule has 170 valence electrons. The molecular formula is C23H30N6O3. The molecule has 32 heavy (non-hydrogen) atoms. The Morgan fingerprint density at radius 3 is 2.66 bits per heavy atom. The molecule has 3 fully saturated rings. The summed E-state index contributed by atoms with van der Waals surface area (Å²) in [5, 5.41) is 11.8. The third-order valence-electron chi connectivity index (χ3n) is 7.05. The van der Waals surface area contributed by atoms with Crippen molar-refractivity contribution in [1.82, 2.24) is 20.0 Å². The van der Waals surface area contributed by atoms with Gasteiger partial charge < -0.3 is 20.9 Å². The van der Waals surface area contributed by atoms with Crippen LogP contribution in [-0.2, 0) is 9.59 Å². The fourth-order valence-electron chi connectivity index (χ4n) is 5.33. The third-order valence-corrected chi connectivity index (χ3v) is 7.05. The summed E-state index contributed by atoms with van der Waals surface area (Å²) in [7, 11) is 1.59. The summed E-state index contributed by atoms with van der Waals surface area (Å²) in [4.78, 5) is 43.2. The predicted molar refractivity (Wildman–Crippen MR) is 117 cm³/mol. The molecule has 3 aliphatic rings. The van der Waals surface area contributed by atoms with Gasteiger partial charge in [0, 0.05) is 38.3 Å². The lowest BCUT2D eigenvalue weighted by molar-refractivity contribution is -0.140. The number of hydrogen-bond acceptors (Lipinski definition) is 6. The van der Waals surface area contributed by atoms with Crippen molar-refractivity contribution in [3.8, 4) is 6.07 Å². The first-order valence-electron chi connectivity index (χ1n) is 11.2. The minimum absolute atomic E-state index is 0.0554. The summed E-state index contributed by atoms with van der Waals surface area (Å²) in [5.74, 6) is -0.289. The average molecular weight is 439 g/mol. The van der Waals surface area contributed by atoms with E-state index in [2.05, 4.69) is 11.4 Å². The first kappa shape index (κ1) is 22.2. The lowest BCUT2D eigenvalue weighted by atomic mass is 10.0. The zero-order valence-corrected chi connectivity index (χ0v) is 18.5. The van der Waals surface area contributed by atoms with E-state index in [9.17, 15) is 19.6 Å². The van der Waals surface area contributed by atoms with Crippen molar-refractivity contribution in [2.75, 3.05) is 26.7 Å². The van der Waals surface area contributed by atoms with E-state index in [1.807, 2.05) is 28.9 Å². The normalized spacial score (nSPS) is 26.8. The molecule has 3 N–H and O–H groups in total. The summed E-state index contributed by atoms with van der Waals surface area (Å²) in [6.07, 6.45) is 2.24. The quantitative estimate of drug-likeness (QED) is 0.656. The maximum absolute atomic E-state index is 13.2. The van der Waals surface area contributed by atoms with Crippen LogP contribution in [-0.4, -0.2) is 83.3 Å². The van der Waals surface area contributed by atoms with Crippen LogP contribution in [0, 0.1) is 11.3 Å². The number of hydrogen-bond donors (Lipinski definition) is 2. The zero-order valence-electron chi connectivity index (χ0n) is 18.5. The highest BCUT2D eigenvalue weighted by Crippen LogP contribution is 2.38. The summed E-state index contributed by atoms with van der Waals surface area (Å²) in [6, 6.07) is 8.08. The number of amides is 3. The van der Waals surface area contributed by atoms with Gasteiger partial charge in [0.25, 0.3) is 5.91 Å². The molecule has 3 aliphatic heterocycles. The van der Waals surface area contributed by atoms with Gasteiger partial charge in [0.05, 0.1) is 24.2 Å². The second-order valence-electron chi connectivity index (χ2n) is 8.91. The highest BCUT2D eigenvalue weighted by Gasteiger charge is 2.51. The van der Waals surface area contributed by atoms with E-state index < -0.39 is 12.1 Å². The van der Waals surface area contributed by atoms with E-state index in [0.717, 1.165) is 18.4 Å². The van der Waals surface area contributed by atoms with Gasteiger partial charge in [-0.2, -0.15) is 5.26 Å². The molecule has 0 spiro atoms. The number of nitrogens with two attached hydrogens (primary N) is 1. The molecule has 9 nitrogen and oxygen atoms in total. The first-order valence-corrected chi connectivity index (χ1v) is 11.2. The van der Waals surface area contributed by atoms with Gasteiger partial charge in [0.1, 0.15) is 6.04 Å². The highest BCUT2D eigenvalue weighted by molar-refractivity contribution is 5.94. The third kappa shape index (κ3) is 3.85. The number of fused-ring (bicyclic) bond motifs is 2. The molecule has 0 unspecified atom stereocenters. The first-order chi connectivity index (χ1) is 15.3. The Bertz CT molecular complexity index is 942. The van der Waals surface area contributed by atoms with Gasteiger partial charge in [-0.3, -0.25) is 19.3 Å². The summed E-state index contributed by atoms with van der Waals surface area (Å²) >= 11 is 0. The number of likely N-dealkylation sites (tertiary alicyclic amines) is 3. The molecule has 1 aromatic rings. The van der Waals surface area contributed by atoms with Crippen LogP contribution < -0.4 is 11.1 Å². The molecule has 3 heterocycles. The second kappa shape index (κ2) is 8.88. The van der Waals surface area contributed by atoms with E-state index in [4.69, 9.17) is 5.73 Å². The maximum atomic E-state index is 13.2. The van der Waals surface area contributed by atoms with Gasteiger partial charge in [0.15, 0.2) is 0 Å². The Balaban J connectivity index is 1.38. The summed E-state index contributed by atoms with van der Waals surface area (Å²) in [5.41, 5.74) is 7.77. The molecular weight excluding hydrogens is 408 g/mol. The molecule has 3 amide bonds. The van der Waals surface area contributed by atoms with Crippen LogP contribution in [0.5, 0.6) is 0 Å². The molecule has 9 heteroatoms. The molecule has 0 saturated carbocycles. The summed E-state index contributed by atoms with van der Waals surface area (Å²) in [6.45, 7) is 3.57. The Morgan fingerprint density at radius 2 is 2.03 bits per heavy atom. The zero-order chi connectivity index (χ0) is 23.0. The fourth-order valence-corrected chi connectivity index (χ4v) is 5.33. The van der Waals surface area contributed by atoms with Crippen molar-refractivity contribution in [2.45, 2.75) is 56.4 Å². The number of rotatable bonds is 6. The molecule has 0 aromatic heterocycles. The second-order valence-corrected chi connectivity index (χ2v) is 8.91. The van der Waals surface area contributed by atoms with Crippen molar-refractivity contribution < 1.29 is 14.4 Å². The van der Waals surface area contributed by atoms with Crippen molar-refractivity contribution in [1.29, 1.82) is 5.26 Å². The van der Waals surface area contributed by atoms with Crippen molar-refractivity contribution in [3.63, 3.8) is 0 Å². The minimum Gasteiger partial charge on any atom is -0.355 e. The van der Waals surface area contributed by atoms with Crippen LogP contribution >= 0.6 is 0 Å². The van der Waals surface area contributed by atoms with Gasteiger partial charge in [0.2, 0.25) is 11.8 Å². The average Bonchev–Trinajstić information content (AvgIpc) is 3.52. The molecule has 0 radical (unpaired) electrons. The fraction of sp³-hybridized carbons (Fsp3) is 0.565. The number of piperazine rings is 1. The van der Waals surface area contributed by atoms with Gasteiger partial charge >= 0.3 is 0 Å². The van der Waals surface area contributed by atoms with E-state index in [-0.39, 0.29) is 35.8 Å². The Labute approximate surface area is 188 Å². The topological polar surface area (TPSA) is 123 Å². The molecule has 1 aromatic carbocycles. The molecule has 5 atom stereocenters. The number of nitriles is 1. The van der Waals surface area contributed by atoms with Crippen molar-refractivity contribution in [2.24, 2.45) is 5.73 Å². The van der Waals surface area contributed by atoms with Crippen LogP contribution in [0.2, 0.25) is 0 Å². The molecule has 2 bridgehead atoms. The largest absolute Gasteiger partial charge is 0.355 e. The Hall–Kier alpha value is -2.96. The lowest BCUT2D eigenvalue weighted by Crippen LogP contribution is -2.56. The van der Waals surface area contributed by atoms with Gasteiger partial charge in [-0.25, -0.2) is 0 Å². The van der Waals surface area contributed by atoms with Crippen LogP contribution in [0.1, 0.15) is 48.1 Å². The number of nitrogens with zero attached hydrogens (tertiary/aromatic N) is 4. The SMILES string of the molecule is CNC(=O)c1ccc([C@@H](C)N2C(=O)[C@H]3C[C@@H]2CN3C[C@H](N)C(=O)N2CCC[C@H]2C#N)cc1. The van der Waals surface area contributed by atoms with Gasteiger partial charge in [-0.1, -0.05) is 12.1 Å². The monoisotopic (exact) mass is 438 g/mol. The Morgan fingerprint density at radius 1 is 1.31 bits per heavy atom. The van der Waals surface area contributed by atoms with E-state index in [0.29, 0.717) is 31.6 Å². The minimum atomic E-state index is -0.737. The van der Waals surface area contributed by atoms with Crippen LogP contribution in [0.4, 0.5) is 0 Å². The number of benzene rings is 1.